The van der Waals surface area contributed by atoms with Crippen LogP contribution < -0.4 is 5.73 Å². The zero-order valence-electron chi connectivity index (χ0n) is 11.8. The minimum atomic E-state index is -0.554. The number of anilines is 1. The first-order valence-corrected chi connectivity index (χ1v) is 6.49. The van der Waals surface area contributed by atoms with Crippen LogP contribution >= 0.6 is 0 Å². The van der Waals surface area contributed by atoms with E-state index in [0.717, 1.165) is 18.9 Å². The first kappa shape index (κ1) is 16.0. The number of halogens is 1. The summed E-state index contributed by atoms with van der Waals surface area (Å²) in [6.45, 7) is 4.01. The van der Waals surface area contributed by atoms with Gasteiger partial charge in [-0.2, -0.15) is 5.26 Å². The summed E-state index contributed by atoms with van der Waals surface area (Å²) in [4.78, 5) is 11.7. The molecule has 0 heterocycles. The number of hydrogen-bond donors (Lipinski definition) is 1. The van der Waals surface area contributed by atoms with Crippen LogP contribution in [0.15, 0.2) is 18.2 Å². The van der Waals surface area contributed by atoms with Crippen molar-refractivity contribution in [2.24, 2.45) is 5.41 Å². The molecular formula is C15H19FN2O2. The second-order valence-corrected chi connectivity index (χ2v) is 5.32. The number of nitriles is 1. The van der Waals surface area contributed by atoms with Crippen molar-refractivity contribution in [3.63, 3.8) is 0 Å². The Bertz CT molecular complexity index is 521. The molecule has 0 bridgehead atoms. The van der Waals surface area contributed by atoms with Crippen molar-refractivity contribution >= 4 is 11.7 Å². The number of nitrogens with zero attached hydrogens (tertiary/aromatic N) is 1. The Morgan fingerprint density at radius 2 is 2.15 bits per heavy atom. The Kier molecular flexibility index (Phi) is 5.51. The number of unbranched alkanes of at least 4 members (excludes halogenated alkanes) is 1. The molecule has 2 N–H and O–H groups in total. The minimum Gasteiger partial charge on any atom is -0.462 e. The van der Waals surface area contributed by atoms with Gasteiger partial charge in [-0.25, -0.2) is 9.18 Å². The molecule has 0 saturated heterocycles. The molecule has 0 aliphatic heterocycles. The number of ether oxygens (including phenoxy) is 1. The summed E-state index contributed by atoms with van der Waals surface area (Å²) in [5.41, 5.74) is 5.44. The summed E-state index contributed by atoms with van der Waals surface area (Å²) >= 11 is 0. The number of carbonyl (C=O) groups excluding carboxylic acids is 1. The number of esters is 1. The topological polar surface area (TPSA) is 76.1 Å². The molecule has 4 nitrogen and oxygen atoms in total. The number of benzene rings is 1. The van der Waals surface area contributed by atoms with Crippen molar-refractivity contribution in [1.29, 1.82) is 5.26 Å². The van der Waals surface area contributed by atoms with Gasteiger partial charge < -0.3 is 10.5 Å². The molecule has 1 rings (SSSR count). The van der Waals surface area contributed by atoms with Gasteiger partial charge >= 0.3 is 5.97 Å². The van der Waals surface area contributed by atoms with E-state index in [9.17, 15) is 9.18 Å². The van der Waals surface area contributed by atoms with Gasteiger partial charge in [0.2, 0.25) is 0 Å². The lowest BCUT2D eigenvalue weighted by atomic mass is 9.89. The van der Waals surface area contributed by atoms with Gasteiger partial charge in [0, 0.05) is 5.69 Å². The largest absolute Gasteiger partial charge is 0.462 e. The van der Waals surface area contributed by atoms with Gasteiger partial charge in [-0.3, -0.25) is 0 Å². The molecule has 0 radical (unpaired) electrons. The van der Waals surface area contributed by atoms with E-state index in [4.69, 9.17) is 15.7 Å². The number of hydrogen-bond acceptors (Lipinski definition) is 4. The third-order valence-electron chi connectivity index (χ3n) is 2.97. The van der Waals surface area contributed by atoms with Crippen LogP contribution in [0.1, 0.15) is 43.5 Å². The lowest BCUT2D eigenvalue weighted by molar-refractivity contribution is 0.0497. The van der Waals surface area contributed by atoms with Crippen LogP contribution in [0.25, 0.3) is 0 Å². The van der Waals surface area contributed by atoms with E-state index in [-0.39, 0.29) is 23.3 Å². The quantitative estimate of drug-likeness (QED) is 0.492. The van der Waals surface area contributed by atoms with Crippen LogP contribution in [0.5, 0.6) is 0 Å². The summed E-state index contributed by atoms with van der Waals surface area (Å²) < 4.78 is 17.9. The Morgan fingerprint density at radius 3 is 2.75 bits per heavy atom. The highest BCUT2D eigenvalue weighted by atomic mass is 19.1. The molecule has 0 amide bonds. The van der Waals surface area contributed by atoms with E-state index in [1.165, 1.54) is 12.1 Å². The van der Waals surface area contributed by atoms with Crippen molar-refractivity contribution in [1.82, 2.24) is 0 Å². The van der Waals surface area contributed by atoms with Gasteiger partial charge in [0.1, 0.15) is 5.82 Å². The monoisotopic (exact) mass is 278 g/mol. The molecule has 0 unspecified atom stereocenters. The van der Waals surface area contributed by atoms with Crippen LogP contribution in [-0.4, -0.2) is 12.6 Å². The van der Waals surface area contributed by atoms with Crippen LogP contribution in [0.3, 0.4) is 0 Å². The smallest absolute Gasteiger partial charge is 0.340 e. The molecule has 0 aliphatic rings. The molecular weight excluding hydrogens is 259 g/mol. The molecule has 5 heteroatoms. The molecule has 0 aromatic heterocycles. The summed E-state index contributed by atoms with van der Waals surface area (Å²) in [7, 11) is 0. The van der Waals surface area contributed by atoms with Crippen LogP contribution in [0, 0.1) is 22.6 Å². The minimum absolute atomic E-state index is 0.0700. The standard InChI is InChI=1S/C15H19FN2O2/c1-15(2,10-17)7-3-4-8-20-14(19)12-6-5-11(16)9-13(12)18/h5-6,9H,3-4,7-8,18H2,1-2H3. The highest BCUT2D eigenvalue weighted by Crippen LogP contribution is 2.21. The number of carbonyl (C=O) groups is 1. The maximum atomic E-state index is 12.9. The average molecular weight is 278 g/mol. The highest BCUT2D eigenvalue weighted by Gasteiger charge is 2.16. The summed E-state index contributed by atoms with van der Waals surface area (Å²) in [5.74, 6) is -1.04. The SMILES string of the molecule is CC(C)(C#N)CCCCOC(=O)c1ccc(F)cc1N. The Labute approximate surface area is 118 Å². The van der Waals surface area contributed by atoms with E-state index in [0.29, 0.717) is 6.42 Å². The maximum absolute atomic E-state index is 12.9. The summed E-state index contributed by atoms with van der Waals surface area (Å²) in [6, 6.07) is 5.79. The van der Waals surface area contributed by atoms with Gasteiger partial charge in [-0.1, -0.05) is 0 Å². The third kappa shape index (κ3) is 4.88. The maximum Gasteiger partial charge on any atom is 0.340 e. The third-order valence-corrected chi connectivity index (χ3v) is 2.97. The summed E-state index contributed by atoms with van der Waals surface area (Å²) in [5, 5.41) is 8.86. The van der Waals surface area contributed by atoms with E-state index in [1.54, 1.807) is 0 Å². The number of nitrogen functional groups attached to an aromatic ring is 1. The van der Waals surface area contributed by atoms with E-state index >= 15 is 0 Å². The molecule has 20 heavy (non-hydrogen) atoms. The fourth-order valence-corrected chi connectivity index (χ4v) is 1.69. The molecule has 0 saturated carbocycles. The molecule has 0 aliphatic carbocycles. The molecule has 108 valence electrons. The lowest BCUT2D eigenvalue weighted by Crippen LogP contribution is -2.11. The van der Waals surface area contributed by atoms with Crippen LogP contribution in [0.2, 0.25) is 0 Å². The molecule has 1 aromatic carbocycles. The Hall–Kier alpha value is -2.09. The van der Waals surface area contributed by atoms with Crippen molar-refractivity contribution in [2.45, 2.75) is 33.1 Å². The number of rotatable bonds is 6. The van der Waals surface area contributed by atoms with Gasteiger partial charge in [0.05, 0.1) is 23.7 Å². The molecule has 0 fully saturated rings. The summed E-state index contributed by atoms with van der Waals surface area (Å²) in [6.07, 6.45) is 2.23. The molecule has 1 aromatic rings. The van der Waals surface area contributed by atoms with E-state index in [1.807, 2.05) is 13.8 Å². The normalized spacial score (nSPS) is 10.9. The van der Waals surface area contributed by atoms with Crippen LogP contribution in [-0.2, 0) is 4.74 Å². The van der Waals surface area contributed by atoms with Crippen LogP contribution in [0.4, 0.5) is 10.1 Å². The molecule has 0 atom stereocenters. The Balaban J connectivity index is 2.36. The molecule has 0 spiro atoms. The van der Waals surface area contributed by atoms with Gasteiger partial charge in [-0.15, -0.1) is 0 Å². The Morgan fingerprint density at radius 1 is 1.45 bits per heavy atom. The average Bonchev–Trinajstić information content (AvgIpc) is 2.38. The lowest BCUT2D eigenvalue weighted by Gasteiger charge is -2.14. The zero-order valence-corrected chi connectivity index (χ0v) is 11.8. The van der Waals surface area contributed by atoms with Gasteiger partial charge in [0.15, 0.2) is 0 Å². The predicted octanol–water partition coefficient (Wildman–Crippen LogP) is 3.28. The zero-order chi connectivity index (χ0) is 15.2. The second-order valence-electron chi connectivity index (χ2n) is 5.32. The van der Waals surface area contributed by atoms with Crippen molar-refractivity contribution in [2.75, 3.05) is 12.3 Å². The number of nitrogens with two attached hydrogens (primary N) is 1. The van der Waals surface area contributed by atoms with Gasteiger partial charge in [0.25, 0.3) is 0 Å². The van der Waals surface area contributed by atoms with Gasteiger partial charge in [-0.05, 0) is 51.3 Å². The van der Waals surface area contributed by atoms with E-state index < -0.39 is 11.8 Å². The van der Waals surface area contributed by atoms with Crippen molar-refractivity contribution in [3.8, 4) is 6.07 Å². The second kappa shape index (κ2) is 6.90. The first-order valence-electron chi connectivity index (χ1n) is 6.49. The predicted molar refractivity (Wildman–Crippen MR) is 74.3 cm³/mol. The fraction of sp³-hybridized carbons (Fsp3) is 0.467. The fourth-order valence-electron chi connectivity index (χ4n) is 1.69. The first-order chi connectivity index (χ1) is 9.35. The highest BCUT2D eigenvalue weighted by molar-refractivity contribution is 5.94. The van der Waals surface area contributed by atoms with E-state index in [2.05, 4.69) is 6.07 Å². The van der Waals surface area contributed by atoms with Crippen molar-refractivity contribution in [3.05, 3.63) is 29.6 Å². The van der Waals surface area contributed by atoms with Crippen molar-refractivity contribution < 1.29 is 13.9 Å².